The third-order valence-corrected chi connectivity index (χ3v) is 3.48. The molecule has 1 aromatic carbocycles. The van der Waals surface area contributed by atoms with Gasteiger partial charge in [0.2, 0.25) is 0 Å². The highest BCUT2D eigenvalue weighted by Crippen LogP contribution is 2.25. The number of nitrogens with two attached hydrogens (primary N) is 1. The van der Waals surface area contributed by atoms with E-state index in [1.165, 1.54) is 7.11 Å². The Kier molecular flexibility index (Phi) is 5.92. The lowest BCUT2D eigenvalue weighted by Gasteiger charge is -2.13. The first-order chi connectivity index (χ1) is 11.1. The summed E-state index contributed by atoms with van der Waals surface area (Å²) in [5.74, 6) is 0.876. The van der Waals surface area contributed by atoms with E-state index in [1.807, 2.05) is 30.3 Å². The van der Waals surface area contributed by atoms with Crippen molar-refractivity contribution in [2.75, 3.05) is 21.3 Å². The maximum atomic E-state index is 11.3. The average molecular weight is 319 g/mol. The van der Waals surface area contributed by atoms with Gasteiger partial charge in [0.15, 0.2) is 6.29 Å². The van der Waals surface area contributed by atoms with Gasteiger partial charge in [-0.15, -0.1) is 0 Å². The molecule has 6 nitrogen and oxygen atoms in total. The van der Waals surface area contributed by atoms with E-state index < -0.39 is 18.3 Å². The number of esters is 1. The molecule has 2 aromatic rings. The highest BCUT2D eigenvalue weighted by atomic mass is 16.7. The van der Waals surface area contributed by atoms with Crippen LogP contribution in [0.25, 0.3) is 11.3 Å². The van der Waals surface area contributed by atoms with Gasteiger partial charge in [-0.05, 0) is 12.1 Å². The molecule has 2 N–H and O–H groups in total. The fourth-order valence-corrected chi connectivity index (χ4v) is 2.27. The molecule has 1 atom stereocenters. The van der Waals surface area contributed by atoms with Gasteiger partial charge in [0, 0.05) is 31.8 Å². The molecule has 0 fully saturated rings. The highest BCUT2D eigenvalue weighted by molar-refractivity contribution is 5.75. The standard InChI is InChI=1S/C17H21NO5/c1-20-16(19)14(18)10-13-8-9-15(23-13)11-4-6-12(7-5-11)17(21-2)22-3/h4-9,14,17H,10,18H2,1-3H3. The zero-order chi connectivity index (χ0) is 16.8. The van der Waals surface area contributed by atoms with E-state index in [1.54, 1.807) is 20.3 Å². The first kappa shape index (κ1) is 17.2. The second kappa shape index (κ2) is 7.92. The van der Waals surface area contributed by atoms with Gasteiger partial charge < -0.3 is 24.4 Å². The normalized spacial score (nSPS) is 12.4. The summed E-state index contributed by atoms with van der Waals surface area (Å²) < 4.78 is 20.8. The minimum atomic E-state index is -0.731. The number of furan rings is 1. The summed E-state index contributed by atoms with van der Waals surface area (Å²) in [6.07, 6.45) is -0.102. The van der Waals surface area contributed by atoms with Crippen LogP contribution in [0.3, 0.4) is 0 Å². The summed E-state index contributed by atoms with van der Waals surface area (Å²) in [5.41, 5.74) is 7.56. The van der Waals surface area contributed by atoms with Crippen LogP contribution in [0.1, 0.15) is 17.6 Å². The molecular formula is C17H21NO5. The van der Waals surface area contributed by atoms with Gasteiger partial charge >= 0.3 is 5.97 Å². The predicted molar refractivity (Wildman–Crippen MR) is 84.6 cm³/mol. The Balaban J connectivity index is 2.10. The van der Waals surface area contributed by atoms with Gasteiger partial charge in [-0.2, -0.15) is 0 Å². The number of carbonyl (C=O) groups excluding carboxylic acids is 1. The van der Waals surface area contributed by atoms with E-state index in [0.717, 1.165) is 11.1 Å². The van der Waals surface area contributed by atoms with E-state index in [9.17, 15) is 4.79 Å². The van der Waals surface area contributed by atoms with Crippen LogP contribution in [0, 0.1) is 0 Å². The number of hydrogen-bond acceptors (Lipinski definition) is 6. The predicted octanol–water partition coefficient (Wildman–Crippen LogP) is 2.28. The molecule has 0 aliphatic carbocycles. The smallest absolute Gasteiger partial charge is 0.323 e. The van der Waals surface area contributed by atoms with Crippen molar-refractivity contribution in [3.63, 3.8) is 0 Å². The fourth-order valence-electron chi connectivity index (χ4n) is 2.27. The zero-order valence-corrected chi connectivity index (χ0v) is 13.4. The van der Waals surface area contributed by atoms with Crippen LogP contribution in [0.2, 0.25) is 0 Å². The first-order valence-corrected chi connectivity index (χ1v) is 7.17. The van der Waals surface area contributed by atoms with Crippen molar-refractivity contribution >= 4 is 5.97 Å². The molecule has 0 saturated carbocycles. The van der Waals surface area contributed by atoms with Crippen molar-refractivity contribution in [3.8, 4) is 11.3 Å². The molecule has 0 aliphatic heterocycles. The molecule has 1 heterocycles. The molecule has 23 heavy (non-hydrogen) atoms. The average Bonchev–Trinajstić information content (AvgIpc) is 3.04. The molecule has 0 aliphatic rings. The van der Waals surface area contributed by atoms with E-state index >= 15 is 0 Å². The van der Waals surface area contributed by atoms with Crippen LogP contribution >= 0.6 is 0 Å². The molecule has 6 heteroatoms. The molecule has 0 bridgehead atoms. The van der Waals surface area contributed by atoms with Crippen LogP contribution in [-0.4, -0.2) is 33.3 Å². The maximum Gasteiger partial charge on any atom is 0.323 e. The molecule has 0 spiro atoms. The minimum absolute atomic E-state index is 0.292. The van der Waals surface area contributed by atoms with Crippen molar-refractivity contribution in [3.05, 3.63) is 47.7 Å². The van der Waals surface area contributed by atoms with Crippen molar-refractivity contribution in [2.24, 2.45) is 5.73 Å². The Morgan fingerprint density at radius 2 is 1.74 bits per heavy atom. The van der Waals surface area contributed by atoms with Crippen LogP contribution in [-0.2, 0) is 25.4 Å². The zero-order valence-electron chi connectivity index (χ0n) is 13.4. The molecule has 2 rings (SSSR count). The lowest BCUT2D eigenvalue weighted by molar-refractivity contribution is -0.142. The van der Waals surface area contributed by atoms with Gasteiger partial charge in [0.05, 0.1) is 7.11 Å². The fraction of sp³-hybridized carbons (Fsp3) is 0.353. The number of benzene rings is 1. The van der Waals surface area contributed by atoms with Crippen LogP contribution < -0.4 is 5.73 Å². The van der Waals surface area contributed by atoms with Gasteiger partial charge in [-0.3, -0.25) is 4.79 Å². The van der Waals surface area contributed by atoms with E-state index in [0.29, 0.717) is 17.9 Å². The largest absolute Gasteiger partial charge is 0.468 e. The van der Waals surface area contributed by atoms with Crippen molar-refractivity contribution in [1.82, 2.24) is 0 Å². The second-order valence-corrected chi connectivity index (χ2v) is 5.03. The Bertz CT molecular complexity index is 631. The summed E-state index contributed by atoms with van der Waals surface area (Å²) in [6.45, 7) is 0. The Labute approximate surface area is 135 Å². The summed E-state index contributed by atoms with van der Waals surface area (Å²) in [4.78, 5) is 11.3. The van der Waals surface area contributed by atoms with Crippen molar-refractivity contribution < 1.29 is 23.4 Å². The Hall–Kier alpha value is -2.15. The van der Waals surface area contributed by atoms with Gasteiger partial charge in [-0.1, -0.05) is 24.3 Å². The third kappa shape index (κ3) is 4.19. The van der Waals surface area contributed by atoms with Crippen molar-refractivity contribution in [1.29, 1.82) is 0 Å². The SMILES string of the molecule is COC(=O)C(N)Cc1ccc(-c2ccc(C(OC)OC)cc2)o1. The molecule has 1 aromatic heterocycles. The summed E-state index contributed by atoms with van der Waals surface area (Å²) >= 11 is 0. The van der Waals surface area contributed by atoms with E-state index in [4.69, 9.17) is 19.6 Å². The van der Waals surface area contributed by atoms with Gasteiger partial charge in [-0.25, -0.2) is 0 Å². The second-order valence-electron chi connectivity index (χ2n) is 5.03. The first-order valence-electron chi connectivity index (χ1n) is 7.17. The number of methoxy groups -OCH3 is 3. The topological polar surface area (TPSA) is 83.9 Å². The lowest BCUT2D eigenvalue weighted by Crippen LogP contribution is -2.33. The molecule has 0 amide bonds. The quantitative estimate of drug-likeness (QED) is 0.622. The molecular weight excluding hydrogens is 298 g/mol. The highest BCUT2D eigenvalue weighted by Gasteiger charge is 2.17. The third-order valence-electron chi connectivity index (χ3n) is 3.48. The van der Waals surface area contributed by atoms with Crippen LogP contribution in [0.5, 0.6) is 0 Å². The number of hydrogen-bond donors (Lipinski definition) is 1. The lowest BCUT2D eigenvalue weighted by atomic mass is 10.1. The minimum Gasteiger partial charge on any atom is -0.468 e. The molecule has 1 unspecified atom stereocenters. The Morgan fingerprint density at radius 3 is 2.30 bits per heavy atom. The Morgan fingerprint density at radius 1 is 1.09 bits per heavy atom. The number of ether oxygens (including phenoxy) is 3. The monoisotopic (exact) mass is 319 g/mol. The molecule has 124 valence electrons. The molecule has 0 radical (unpaired) electrons. The summed E-state index contributed by atoms with van der Waals surface area (Å²) in [5, 5.41) is 0. The summed E-state index contributed by atoms with van der Waals surface area (Å²) in [7, 11) is 4.49. The number of rotatable bonds is 7. The van der Waals surface area contributed by atoms with Gasteiger partial charge in [0.1, 0.15) is 17.6 Å². The number of carbonyl (C=O) groups is 1. The van der Waals surface area contributed by atoms with E-state index in [-0.39, 0.29) is 0 Å². The van der Waals surface area contributed by atoms with Gasteiger partial charge in [0.25, 0.3) is 0 Å². The summed E-state index contributed by atoms with van der Waals surface area (Å²) in [6, 6.07) is 10.6. The maximum absolute atomic E-state index is 11.3. The van der Waals surface area contributed by atoms with Crippen LogP contribution in [0.15, 0.2) is 40.8 Å². The van der Waals surface area contributed by atoms with E-state index in [2.05, 4.69) is 4.74 Å². The van der Waals surface area contributed by atoms with Crippen molar-refractivity contribution in [2.45, 2.75) is 18.8 Å². The van der Waals surface area contributed by atoms with Crippen LogP contribution in [0.4, 0.5) is 0 Å². The molecule has 0 saturated heterocycles.